The molecular weight excluding hydrogens is 328 g/mol. The summed E-state index contributed by atoms with van der Waals surface area (Å²) in [5, 5.41) is 2.97. The van der Waals surface area contributed by atoms with E-state index in [1.807, 2.05) is 0 Å². The Morgan fingerprint density at radius 1 is 1.12 bits per heavy atom. The topological polar surface area (TPSA) is 68.3 Å². The predicted octanol–water partition coefficient (Wildman–Crippen LogP) is 3.88. The first-order valence-corrected chi connectivity index (χ1v) is 9.17. The summed E-state index contributed by atoms with van der Waals surface area (Å²) >= 11 is 0. The maximum absolute atomic E-state index is 12.5. The summed E-state index contributed by atoms with van der Waals surface area (Å²) in [5.41, 5.74) is 5.77. The number of rotatable bonds is 3. The van der Waals surface area contributed by atoms with Crippen LogP contribution < -0.4 is 5.32 Å². The zero-order valence-electron chi connectivity index (χ0n) is 14.9. The number of anilines is 1. The summed E-state index contributed by atoms with van der Waals surface area (Å²) in [6.07, 6.45) is 8.59. The standard InChI is InChI=1S/C21H22N2O3/c1-26-21(25)16-8-9-18(22-12-16)20(24)23-17-10-14-6-2-4-13-5-3-7-15(11-17)19(13)14/h8-13H,2-7H2,1H3,(H,23,24). The Morgan fingerprint density at radius 2 is 1.81 bits per heavy atom. The summed E-state index contributed by atoms with van der Waals surface area (Å²) in [6, 6.07) is 7.34. The summed E-state index contributed by atoms with van der Waals surface area (Å²) in [5.74, 6) is -0.0238. The molecular formula is C21H22N2O3. The van der Waals surface area contributed by atoms with Crippen molar-refractivity contribution in [2.24, 2.45) is 0 Å². The van der Waals surface area contributed by atoms with Crippen LogP contribution >= 0.6 is 0 Å². The van der Waals surface area contributed by atoms with Gasteiger partial charge >= 0.3 is 5.97 Å². The first-order chi connectivity index (χ1) is 12.7. The molecule has 0 saturated heterocycles. The maximum Gasteiger partial charge on any atom is 0.339 e. The number of nitrogens with one attached hydrogen (secondary N) is 1. The van der Waals surface area contributed by atoms with Crippen LogP contribution in [0.4, 0.5) is 5.69 Å². The Morgan fingerprint density at radius 3 is 2.38 bits per heavy atom. The largest absolute Gasteiger partial charge is 0.465 e. The van der Waals surface area contributed by atoms with E-state index in [1.54, 1.807) is 17.7 Å². The van der Waals surface area contributed by atoms with Gasteiger partial charge in [0.1, 0.15) is 5.69 Å². The van der Waals surface area contributed by atoms with Crippen molar-refractivity contribution in [2.45, 2.75) is 44.4 Å². The number of pyridine rings is 1. The fraction of sp³-hybridized carbons (Fsp3) is 0.381. The van der Waals surface area contributed by atoms with Gasteiger partial charge in [0.2, 0.25) is 0 Å². The second kappa shape index (κ2) is 6.90. The molecule has 1 N–H and O–H groups in total. The lowest BCUT2D eigenvalue weighted by molar-refractivity contribution is 0.0600. The molecule has 1 aromatic carbocycles. The van der Waals surface area contributed by atoms with Crippen molar-refractivity contribution in [3.8, 4) is 0 Å². The molecule has 26 heavy (non-hydrogen) atoms. The number of carbonyl (C=O) groups excluding carboxylic acids is 2. The van der Waals surface area contributed by atoms with Gasteiger partial charge in [-0.3, -0.25) is 9.78 Å². The van der Waals surface area contributed by atoms with E-state index >= 15 is 0 Å². The number of hydrogen-bond acceptors (Lipinski definition) is 4. The van der Waals surface area contributed by atoms with Crippen LogP contribution in [0.2, 0.25) is 0 Å². The highest BCUT2D eigenvalue weighted by Crippen LogP contribution is 2.42. The molecule has 0 fully saturated rings. The molecule has 0 bridgehead atoms. The lowest BCUT2D eigenvalue weighted by Gasteiger charge is -2.32. The number of hydrogen-bond donors (Lipinski definition) is 1. The lowest BCUT2D eigenvalue weighted by atomic mass is 9.73. The van der Waals surface area contributed by atoms with Gasteiger partial charge in [-0.15, -0.1) is 0 Å². The number of aromatic nitrogens is 1. The molecule has 2 aromatic rings. The van der Waals surface area contributed by atoms with Gasteiger partial charge in [-0.2, -0.15) is 0 Å². The highest BCUT2D eigenvalue weighted by Gasteiger charge is 2.27. The van der Waals surface area contributed by atoms with Gasteiger partial charge < -0.3 is 10.1 Å². The zero-order chi connectivity index (χ0) is 18.1. The second-order valence-corrected chi connectivity index (χ2v) is 7.07. The number of nitrogens with zero attached hydrogens (tertiary/aromatic N) is 1. The number of methoxy groups -OCH3 is 1. The third-order valence-electron chi connectivity index (χ3n) is 5.43. The van der Waals surface area contributed by atoms with Crippen molar-refractivity contribution >= 4 is 17.6 Å². The number of benzene rings is 1. The minimum absolute atomic E-state index is 0.267. The first kappa shape index (κ1) is 16.8. The van der Waals surface area contributed by atoms with E-state index in [1.165, 1.54) is 50.1 Å². The molecule has 0 saturated carbocycles. The molecule has 0 unspecified atom stereocenters. The van der Waals surface area contributed by atoms with Gasteiger partial charge in [0.25, 0.3) is 5.91 Å². The molecule has 1 amide bonds. The number of esters is 1. The van der Waals surface area contributed by atoms with Gasteiger partial charge in [0.15, 0.2) is 0 Å². The quantitative estimate of drug-likeness (QED) is 0.853. The Kier molecular flexibility index (Phi) is 4.45. The third-order valence-corrected chi connectivity index (χ3v) is 5.43. The highest BCUT2D eigenvalue weighted by molar-refractivity contribution is 6.03. The van der Waals surface area contributed by atoms with Crippen molar-refractivity contribution in [1.29, 1.82) is 0 Å². The van der Waals surface area contributed by atoms with Gasteiger partial charge in [0.05, 0.1) is 12.7 Å². The van der Waals surface area contributed by atoms with Crippen molar-refractivity contribution in [2.75, 3.05) is 12.4 Å². The first-order valence-electron chi connectivity index (χ1n) is 9.17. The van der Waals surface area contributed by atoms with Gasteiger partial charge in [-0.1, -0.05) is 0 Å². The summed E-state index contributed by atoms with van der Waals surface area (Å²) in [7, 11) is 1.32. The maximum atomic E-state index is 12.5. The van der Waals surface area contributed by atoms with Crippen molar-refractivity contribution < 1.29 is 14.3 Å². The molecule has 0 aliphatic heterocycles. The van der Waals surface area contributed by atoms with Crippen LogP contribution in [0.5, 0.6) is 0 Å². The Hall–Kier alpha value is -2.69. The van der Waals surface area contributed by atoms with Crippen molar-refractivity contribution in [3.05, 3.63) is 58.4 Å². The molecule has 2 aliphatic carbocycles. The molecule has 1 heterocycles. The van der Waals surface area contributed by atoms with Gasteiger partial charge in [-0.05, 0) is 85.4 Å². The summed E-state index contributed by atoms with van der Waals surface area (Å²) < 4.78 is 4.65. The Balaban J connectivity index is 1.56. The Labute approximate surface area is 152 Å². The summed E-state index contributed by atoms with van der Waals surface area (Å²) in [6.45, 7) is 0. The van der Waals surface area contributed by atoms with E-state index in [2.05, 4.69) is 27.2 Å². The van der Waals surface area contributed by atoms with E-state index in [0.29, 0.717) is 11.5 Å². The monoisotopic (exact) mass is 350 g/mol. The van der Waals surface area contributed by atoms with Gasteiger partial charge in [0, 0.05) is 11.9 Å². The molecule has 2 aliphatic rings. The van der Waals surface area contributed by atoms with Crippen molar-refractivity contribution in [3.63, 3.8) is 0 Å². The lowest BCUT2D eigenvalue weighted by Crippen LogP contribution is -2.19. The van der Waals surface area contributed by atoms with Crippen molar-refractivity contribution in [1.82, 2.24) is 4.98 Å². The van der Waals surface area contributed by atoms with Gasteiger partial charge in [-0.25, -0.2) is 4.79 Å². The minimum Gasteiger partial charge on any atom is -0.465 e. The number of amides is 1. The molecule has 0 atom stereocenters. The van der Waals surface area contributed by atoms with Crippen LogP contribution in [-0.4, -0.2) is 24.0 Å². The van der Waals surface area contributed by atoms with Crippen LogP contribution in [0.1, 0.15) is 69.1 Å². The highest BCUT2D eigenvalue weighted by atomic mass is 16.5. The van der Waals surface area contributed by atoms with E-state index in [4.69, 9.17) is 0 Å². The zero-order valence-corrected chi connectivity index (χ0v) is 14.9. The molecule has 0 spiro atoms. The van der Waals surface area contributed by atoms with E-state index in [-0.39, 0.29) is 11.6 Å². The molecule has 5 nitrogen and oxygen atoms in total. The predicted molar refractivity (Wildman–Crippen MR) is 98.6 cm³/mol. The van der Waals surface area contributed by atoms with E-state index in [0.717, 1.165) is 18.5 Å². The smallest absolute Gasteiger partial charge is 0.339 e. The average Bonchev–Trinajstić information content (AvgIpc) is 2.68. The fourth-order valence-corrected chi connectivity index (χ4v) is 4.26. The van der Waals surface area contributed by atoms with Crippen LogP contribution in [0.25, 0.3) is 0 Å². The summed E-state index contributed by atoms with van der Waals surface area (Å²) in [4.78, 5) is 28.1. The van der Waals surface area contributed by atoms with Crippen LogP contribution in [0, 0.1) is 0 Å². The molecule has 4 rings (SSSR count). The SMILES string of the molecule is COC(=O)c1ccc(C(=O)Nc2cc3c4c(c2)CCCC4CCC3)nc1. The molecule has 0 radical (unpaired) electrons. The molecule has 1 aromatic heterocycles. The molecule has 5 heteroatoms. The van der Waals surface area contributed by atoms with Crippen LogP contribution in [-0.2, 0) is 17.6 Å². The average molecular weight is 350 g/mol. The fourth-order valence-electron chi connectivity index (χ4n) is 4.26. The third kappa shape index (κ3) is 3.09. The van der Waals surface area contributed by atoms with Crippen LogP contribution in [0.3, 0.4) is 0 Å². The Bertz CT molecular complexity index is 827. The molecule has 134 valence electrons. The van der Waals surface area contributed by atoms with E-state index in [9.17, 15) is 9.59 Å². The van der Waals surface area contributed by atoms with E-state index < -0.39 is 5.97 Å². The minimum atomic E-state index is -0.465. The second-order valence-electron chi connectivity index (χ2n) is 7.07. The number of aryl methyl sites for hydroxylation is 2. The normalized spacial score (nSPS) is 15.9. The number of ether oxygens (including phenoxy) is 1. The number of carbonyl (C=O) groups is 2. The van der Waals surface area contributed by atoms with Crippen LogP contribution in [0.15, 0.2) is 30.5 Å².